The van der Waals surface area contributed by atoms with E-state index in [4.69, 9.17) is 0 Å². The van der Waals surface area contributed by atoms with Crippen LogP contribution in [0.5, 0.6) is 0 Å². The number of alkyl halides is 3. The molecule has 0 saturated heterocycles. The van der Waals surface area contributed by atoms with Crippen molar-refractivity contribution in [1.29, 1.82) is 0 Å². The van der Waals surface area contributed by atoms with Gasteiger partial charge in [-0.2, -0.15) is 13.2 Å². The van der Waals surface area contributed by atoms with E-state index >= 15 is 0 Å². The molecule has 2 nitrogen and oxygen atoms in total. The quantitative estimate of drug-likeness (QED) is 0.410. The van der Waals surface area contributed by atoms with Crippen LogP contribution in [0.3, 0.4) is 0 Å². The molecule has 0 aliphatic heterocycles. The number of hydrogen-bond donors (Lipinski definition) is 2. The molecule has 1 atom stereocenters. The molecule has 6 heteroatoms. The second kappa shape index (κ2) is 8.97. The summed E-state index contributed by atoms with van der Waals surface area (Å²) in [6.45, 7) is 5.84. The number of benzene rings is 2. The van der Waals surface area contributed by atoms with Crippen molar-refractivity contribution in [3.8, 4) is 0 Å². The SMILES string of the molecule is CCNc1ccc2scc(C(C)NCCCc3cccc(C(F)(F)F)c3)c2c1. The summed E-state index contributed by atoms with van der Waals surface area (Å²) in [6.07, 6.45) is -2.87. The first-order valence-corrected chi connectivity index (χ1v) is 10.4. The fourth-order valence-electron chi connectivity index (χ4n) is 3.32. The predicted octanol–water partition coefficient (Wildman–Crippen LogP) is 6.64. The normalized spacial score (nSPS) is 13.0. The summed E-state index contributed by atoms with van der Waals surface area (Å²) in [5.41, 5.74) is 2.53. The van der Waals surface area contributed by atoms with Gasteiger partial charge in [0, 0.05) is 23.0 Å². The molecule has 1 heterocycles. The van der Waals surface area contributed by atoms with E-state index in [-0.39, 0.29) is 6.04 Å². The molecule has 1 unspecified atom stereocenters. The van der Waals surface area contributed by atoms with Crippen molar-refractivity contribution in [2.75, 3.05) is 18.4 Å². The second-order valence-electron chi connectivity index (χ2n) is 6.91. The Labute approximate surface area is 167 Å². The van der Waals surface area contributed by atoms with Crippen molar-refractivity contribution in [2.24, 2.45) is 0 Å². The topological polar surface area (TPSA) is 24.1 Å². The van der Waals surface area contributed by atoms with Gasteiger partial charge in [-0.25, -0.2) is 0 Å². The fourth-order valence-corrected chi connectivity index (χ4v) is 4.36. The molecule has 0 radical (unpaired) electrons. The predicted molar refractivity (Wildman–Crippen MR) is 112 cm³/mol. The summed E-state index contributed by atoms with van der Waals surface area (Å²) in [5, 5.41) is 10.3. The number of nitrogens with one attached hydrogen (secondary N) is 2. The van der Waals surface area contributed by atoms with Gasteiger partial charge in [0.1, 0.15) is 0 Å². The van der Waals surface area contributed by atoms with Crippen LogP contribution in [-0.4, -0.2) is 13.1 Å². The summed E-state index contributed by atoms with van der Waals surface area (Å²) >= 11 is 1.73. The molecule has 0 bridgehead atoms. The summed E-state index contributed by atoms with van der Waals surface area (Å²) in [5.74, 6) is 0. The van der Waals surface area contributed by atoms with Crippen molar-refractivity contribution in [3.63, 3.8) is 0 Å². The lowest BCUT2D eigenvalue weighted by Crippen LogP contribution is -2.20. The molecule has 150 valence electrons. The van der Waals surface area contributed by atoms with Crippen LogP contribution in [0.4, 0.5) is 18.9 Å². The molecule has 0 saturated carbocycles. The van der Waals surface area contributed by atoms with Gasteiger partial charge < -0.3 is 10.6 Å². The van der Waals surface area contributed by atoms with Gasteiger partial charge in [0.25, 0.3) is 0 Å². The summed E-state index contributed by atoms with van der Waals surface area (Å²) in [6, 6.07) is 12.2. The van der Waals surface area contributed by atoms with Gasteiger partial charge in [-0.05, 0) is 79.4 Å². The molecule has 0 fully saturated rings. The Kier molecular flexibility index (Phi) is 6.62. The van der Waals surface area contributed by atoms with Crippen LogP contribution in [0.2, 0.25) is 0 Å². The van der Waals surface area contributed by atoms with Gasteiger partial charge >= 0.3 is 6.18 Å². The third-order valence-corrected chi connectivity index (χ3v) is 5.78. The number of thiophene rings is 1. The van der Waals surface area contributed by atoms with E-state index < -0.39 is 11.7 Å². The minimum Gasteiger partial charge on any atom is -0.385 e. The molecule has 2 N–H and O–H groups in total. The Morgan fingerprint density at radius 3 is 2.68 bits per heavy atom. The van der Waals surface area contributed by atoms with Gasteiger partial charge in [0.15, 0.2) is 0 Å². The second-order valence-corrected chi connectivity index (χ2v) is 7.82. The minimum atomic E-state index is -4.28. The summed E-state index contributed by atoms with van der Waals surface area (Å²) < 4.78 is 39.7. The molecular weight excluding hydrogens is 381 g/mol. The first kappa shape index (κ1) is 20.7. The third kappa shape index (κ3) is 5.06. The zero-order valence-electron chi connectivity index (χ0n) is 16.1. The summed E-state index contributed by atoms with van der Waals surface area (Å²) in [7, 11) is 0. The van der Waals surface area contributed by atoms with E-state index in [1.807, 2.05) is 0 Å². The average molecular weight is 407 g/mol. The first-order valence-electron chi connectivity index (χ1n) is 9.53. The largest absolute Gasteiger partial charge is 0.416 e. The molecule has 0 amide bonds. The van der Waals surface area contributed by atoms with Crippen LogP contribution >= 0.6 is 11.3 Å². The molecule has 0 aliphatic carbocycles. The Bertz CT molecular complexity index is 918. The maximum atomic E-state index is 12.8. The maximum absolute atomic E-state index is 12.8. The van der Waals surface area contributed by atoms with E-state index in [0.29, 0.717) is 6.42 Å². The van der Waals surface area contributed by atoms with E-state index in [1.165, 1.54) is 27.8 Å². The van der Waals surface area contributed by atoms with Crippen LogP contribution in [0.1, 0.15) is 43.0 Å². The van der Waals surface area contributed by atoms with Crippen LogP contribution in [0.15, 0.2) is 47.8 Å². The minimum absolute atomic E-state index is 0.187. The Morgan fingerprint density at radius 2 is 1.93 bits per heavy atom. The fraction of sp³-hybridized carbons (Fsp3) is 0.364. The highest BCUT2D eigenvalue weighted by Gasteiger charge is 2.30. The number of halogens is 3. The highest BCUT2D eigenvalue weighted by atomic mass is 32.1. The van der Waals surface area contributed by atoms with Crippen LogP contribution < -0.4 is 10.6 Å². The van der Waals surface area contributed by atoms with E-state index in [9.17, 15) is 13.2 Å². The summed E-state index contributed by atoms with van der Waals surface area (Å²) in [4.78, 5) is 0. The molecule has 0 spiro atoms. The molecule has 3 aromatic rings. The highest BCUT2D eigenvalue weighted by Crippen LogP contribution is 2.32. The first-order chi connectivity index (χ1) is 13.4. The van der Waals surface area contributed by atoms with Crippen molar-refractivity contribution >= 4 is 27.1 Å². The van der Waals surface area contributed by atoms with Crippen molar-refractivity contribution in [2.45, 2.75) is 38.9 Å². The van der Waals surface area contributed by atoms with E-state index in [0.717, 1.165) is 36.8 Å². The van der Waals surface area contributed by atoms with Crippen LogP contribution in [0.25, 0.3) is 10.1 Å². The van der Waals surface area contributed by atoms with Crippen molar-refractivity contribution in [3.05, 3.63) is 64.5 Å². The lowest BCUT2D eigenvalue weighted by Gasteiger charge is -2.14. The van der Waals surface area contributed by atoms with E-state index in [1.54, 1.807) is 17.4 Å². The van der Waals surface area contributed by atoms with E-state index in [2.05, 4.69) is 48.1 Å². The number of hydrogen-bond acceptors (Lipinski definition) is 3. The molecule has 0 aliphatic rings. The number of rotatable bonds is 8. The molecular formula is C22H25F3N2S. The zero-order valence-corrected chi connectivity index (χ0v) is 16.9. The van der Waals surface area contributed by atoms with Gasteiger partial charge in [0.05, 0.1) is 5.56 Å². The lowest BCUT2D eigenvalue weighted by atomic mass is 10.0. The van der Waals surface area contributed by atoms with Gasteiger partial charge in [-0.3, -0.25) is 0 Å². The van der Waals surface area contributed by atoms with Crippen LogP contribution in [-0.2, 0) is 12.6 Å². The maximum Gasteiger partial charge on any atom is 0.416 e. The highest BCUT2D eigenvalue weighted by molar-refractivity contribution is 7.17. The molecule has 3 rings (SSSR count). The molecule has 2 aromatic carbocycles. The Hall–Kier alpha value is -2.05. The van der Waals surface area contributed by atoms with Crippen molar-refractivity contribution < 1.29 is 13.2 Å². The number of aryl methyl sites for hydroxylation is 1. The monoisotopic (exact) mass is 406 g/mol. The van der Waals surface area contributed by atoms with Crippen molar-refractivity contribution in [1.82, 2.24) is 5.32 Å². The standard InChI is InChI=1S/C22H25F3N2S/c1-3-26-18-9-10-21-19(13-18)20(14-28-21)15(2)27-11-5-7-16-6-4-8-17(12-16)22(23,24)25/h4,6,8-10,12-15,26-27H,3,5,7,11H2,1-2H3. The number of anilines is 1. The Morgan fingerprint density at radius 1 is 1.11 bits per heavy atom. The average Bonchev–Trinajstić information content (AvgIpc) is 3.08. The number of fused-ring (bicyclic) bond motifs is 1. The zero-order chi connectivity index (χ0) is 20.1. The third-order valence-electron chi connectivity index (χ3n) is 4.80. The Balaban J connectivity index is 1.57. The molecule has 28 heavy (non-hydrogen) atoms. The molecule has 1 aromatic heterocycles. The lowest BCUT2D eigenvalue weighted by molar-refractivity contribution is -0.137. The van der Waals surface area contributed by atoms with Gasteiger partial charge in [-0.15, -0.1) is 11.3 Å². The van der Waals surface area contributed by atoms with Gasteiger partial charge in [-0.1, -0.05) is 18.2 Å². The van der Waals surface area contributed by atoms with Crippen LogP contribution in [0, 0.1) is 0 Å². The smallest absolute Gasteiger partial charge is 0.385 e. The van der Waals surface area contributed by atoms with Gasteiger partial charge in [0.2, 0.25) is 0 Å².